The summed E-state index contributed by atoms with van der Waals surface area (Å²) in [6, 6.07) is 8.43. The van der Waals surface area contributed by atoms with Gasteiger partial charge in [-0.3, -0.25) is 4.79 Å². The van der Waals surface area contributed by atoms with Crippen LogP contribution in [0.4, 0.5) is 0 Å². The van der Waals surface area contributed by atoms with Crippen LogP contribution in [0, 0.1) is 5.92 Å². The van der Waals surface area contributed by atoms with Crippen LogP contribution >= 0.6 is 0 Å². The van der Waals surface area contributed by atoms with Gasteiger partial charge in [-0.05, 0) is 29.4 Å². The number of hydrogen-bond donors (Lipinski definition) is 1. The fraction of sp³-hybridized carbons (Fsp3) is 0.611. The van der Waals surface area contributed by atoms with Crippen molar-refractivity contribution >= 4 is 5.91 Å². The lowest BCUT2D eigenvalue weighted by Crippen LogP contribution is -2.37. The third kappa shape index (κ3) is 4.82. The Bertz CT molecular complexity index is 470. The van der Waals surface area contributed by atoms with Crippen LogP contribution in [0.1, 0.15) is 43.7 Å². The summed E-state index contributed by atoms with van der Waals surface area (Å²) in [5.74, 6) is 0.868. The van der Waals surface area contributed by atoms with Crippen molar-refractivity contribution in [3.63, 3.8) is 0 Å². The van der Waals surface area contributed by atoms with Gasteiger partial charge >= 0.3 is 0 Å². The molecule has 1 aliphatic heterocycles. The van der Waals surface area contributed by atoms with Gasteiger partial charge in [-0.2, -0.15) is 0 Å². The summed E-state index contributed by atoms with van der Waals surface area (Å²) in [5, 5.41) is 3.00. The maximum atomic E-state index is 12.1. The van der Waals surface area contributed by atoms with E-state index in [-0.39, 0.29) is 17.9 Å². The van der Waals surface area contributed by atoms with Crippen molar-refractivity contribution in [1.29, 1.82) is 0 Å². The second-order valence-electron chi connectivity index (χ2n) is 6.27. The Hall–Kier alpha value is -1.39. The predicted molar refractivity (Wildman–Crippen MR) is 86.7 cm³/mol. The summed E-state index contributed by atoms with van der Waals surface area (Å²) >= 11 is 0. The SMILES string of the molecule is COC1COCCC1CC(=O)NCc1ccc(C(C)C)cc1. The van der Waals surface area contributed by atoms with Crippen LogP contribution < -0.4 is 5.32 Å². The first kappa shape index (κ1) is 17.0. The van der Waals surface area contributed by atoms with E-state index >= 15 is 0 Å². The van der Waals surface area contributed by atoms with Crippen LogP contribution in [-0.4, -0.2) is 32.3 Å². The Morgan fingerprint density at radius 2 is 2.09 bits per heavy atom. The molecule has 1 heterocycles. The van der Waals surface area contributed by atoms with E-state index in [0.29, 0.717) is 32.1 Å². The molecule has 0 aliphatic carbocycles. The molecule has 1 aromatic carbocycles. The van der Waals surface area contributed by atoms with Crippen molar-refractivity contribution in [2.45, 2.75) is 45.3 Å². The Morgan fingerprint density at radius 1 is 1.36 bits per heavy atom. The number of carbonyl (C=O) groups excluding carboxylic acids is 1. The molecule has 1 aromatic rings. The first-order valence-electron chi connectivity index (χ1n) is 8.06. The summed E-state index contributed by atoms with van der Waals surface area (Å²) in [7, 11) is 1.68. The summed E-state index contributed by atoms with van der Waals surface area (Å²) < 4.78 is 10.8. The molecule has 1 N–H and O–H groups in total. The molecule has 2 atom stereocenters. The van der Waals surface area contributed by atoms with E-state index in [1.54, 1.807) is 7.11 Å². The Balaban J connectivity index is 1.79. The fourth-order valence-electron chi connectivity index (χ4n) is 2.78. The molecule has 4 heteroatoms. The summed E-state index contributed by atoms with van der Waals surface area (Å²) in [6.45, 7) is 6.24. The van der Waals surface area contributed by atoms with Crippen LogP contribution in [0.5, 0.6) is 0 Å². The summed E-state index contributed by atoms with van der Waals surface area (Å²) in [5.41, 5.74) is 2.45. The van der Waals surface area contributed by atoms with E-state index in [4.69, 9.17) is 9.47 Å². The molecule has 1 amide bonds. The molecule has 1 saturated heterocycles. The highest BCUT2D eigenvalue weighted by Crippen LogP contribution is 2.21. The largest absolute Gasteiger partial charge is 0.379 e. The van der Waals surface area contributed by atoms with Crippen molar-refractivity contribution < 1.29 is 14.3 Å². The number of methoxy groups -OCH3 is 1. The minimum Gasteiger partial charge on any atom is -0.379 e. The van der Waals surface area contributed by atoms with Gasteiger partial charge in [0.1, 0.15) is 0 Å². The lowest BCUT2D eigenvalue weighted by molar-refractivity contribution is -0.126. The zero-order valence-electron chi connectivity index (χ0n) is 13.8. The first-order valence-corrected chi connectivity index (χ1v) is 8.06. The third-order valence-electron chi connectivity index (χ3n) is 4.33. The van der Waals surface area contributed by atoms with Crippen molar-refractivity contribution in [1.82, 2.24) is 5.32 Å². The molecule has 2 rings (SSSR count). The molecule has 2 unspecified atom stereocenters. The molecule has 1 aliphatic rings. The van der Waals surface area contributed by atoms with Crippen LogP contribution in [0.15, 0.2) is 24.3 Å². The van der Waals surface area contributed by atoms with E-state index < -0.39 is 0 Å². The normalized spacial score (nSPS) is 21.8. The van der Waals surface area contributed by atoms with Crippen LogP contribution in [0.2, 0.25) is 0 Å². The van der Waals surface area contributed by atoms with Gasteiger partial charge in [0.15, 0.2) is 0 Å². The topological polar surface area (TPSA) is 47.6 Å². The highest BCUT2D eigenvalue weighted by molar-refractivity contribution is 5.76. The number of rotatable bonds is 6. The standard InChI is InChI=1S/C18H27NO3/c1-13(2)15-6-4-14(5-7-15)11-19-18(20)10-16-8-9-22-12-17(16)21-3/h4-7,13,16-17H,8-12H2,1-3H3,(H,19,20). The molecule has 0 bridgehead atoms. The van der Waals surface area contributed by atoms with Crippen molar-refractivity contribution in [3.8, 4) is 0 Å². The summed E-state index contributed by atoms with van der Waals surface area (Å²) in [6.07, 6.45) is 1.42. The first-order chi connectivity index (χ1) is 10.6. The number of ether oxygens (including phenoxy) is 2. The van der Waals surface area contributed by atoms with Crippen molar-refractivity contribution in [2.75, 3.05) is 20.3 Å². The fourth-order valence-corrected chi connectivity index (χ4v) is 2.78. The molecule has 1 fully saturated rings. The van der Waals surface area contributed by atoms with Crippen LogP contribution in [0.25, 0.3) is 0 Å². The Morgan fingerprint density at radius 3 is 2.73 bits per heavy atom. The zero-order chi connectivity index (χ0) is 15.9. The van der Waals surface area contributed by atoms with Gasteiger partial charge in [-0.1, -0.05) is 38.1 Å². The number of hydrogen-bond acceptors (Lipinski definition) is 3. The minimum absolute atomic E-state index is 0.0322. The average Bonchev–Trinajstić information content (AvgIpc) is 2.54. The van der Waals surface area contributed by atoms with E-state index in [9.17, 15) is 4.79 Å². The molecule has 0 aromatic heterocycles. The number of amides is 1. The van der Waals surface area contributed by atoms with Crippen LogP contribution in [0.3, 0.4) is 0 Å². The molecule has 0 radical (unpaired) electrons. The number of nitrogens with one attached hydrogen (secondary N) is 1. The quantitative estimate of drug-likeness (QED) is 0.879. The van der Waals surface area contributed by atoms with Gasteiger partial charge in [-0.15, -0.1) is 0 Å². The van der Waals surface area contributed by atoms with Gasteiger partial charge in [0, 0.05) is 26.7 Å². The van der Waals surface area contributed by atoms with Gasteiger partial charge in [-0.25, -0.2) is 0 Å². The van der Waals surface area contributed by atoms with Gasteiger partial charge < -0.3 is 14.8 Å². The summed E-state index contributed by atoms with van der Waals surface area (Å²) in [4.78, 5) is 12.1. The highest BCUT2D eigenvalue weighted by Gasteiger charge is 2.27. The maximum Gasteiger partial charge on any atom is 0.220 e. The molecule has 0 spiro atoms. The smallest absolute Gasteiger partial charge is 0.220 e. The highest BCUT2D eigenvalue weighted by atomic mass is 16.5. The third-order valence-corrected chi connectivity index (χ3v) is 4.33. The second kappa shape index (κ2) is 8.30. The Kier molecular flexibility index (Phi) is 6.40. The van der Waals surface area contributed by atoms with Crippen LogP contribution in [-0.2, 0) is 20.8 Å². The van der Waals surface area contributed by atoms with Gasteiger partial charge in [0.05, 0.1) is 12.7 Å². The maximum absolute atomic E-state index is 12.1. The Labute approximate surface area is 133 Å². The van der Waals surface area contributed by atoms with Crippen molar-refractivity contribution in [3.05, 3.63) is 35.4 Å². The molecule has 22 heavy (non-hydrogen) atoms. The lowest BCUT2D eigenvalue weighted by atomic mass is 9.93. The van der Waals surface area contributed by atoms with E-state index in [0.717, 1.165) is 12.0 Å². The lowest BCUT2D eigenvalue weighted by Gasteiger charge is -2.29. The minimum atomic E-state index is 0.0322. The van der Waals surface area contributed by atoms with Gasteiger partial charge in [0.2, 0.25) is 5.91 Å². The van der Waals surface area contributed by atoms with Gasteiger partial charge in [0.25, 0.3) is 0 Å². The van der Waals surface area contributed by atoms with E-state index in [1.807, 2.05) is 0 Å². The van der Waals surface area contributed by atoms with E-state index in [1.165, 1.54) is 5.56 Å². The molecule has 0 saturated carbocycles. The van der Waals surface area contributed by atoms with Crippen molar-refractivity contribution in [2.24, 2.45) is 5.92 Å². The second-order valence-corrected chi connectivity index (χ2v) is 6.27. The number of carbonyl (C=O) groups is 1. The predicted octanol–water partition coefficient (Wildman–Crippen LogP) is 2.87. The zero-order valence-corrected chi connectivity index (χ0v) is 13.8. The van der Waals surface area contributed by atoms with E-state index in [2.05, 4.69) is 43.4 Å². The molecule has 122 valence electrons. The molecule has 4 nitrogen and oxygen atoms in total. The number of benzene rings is 1. The molecular weight excluding hydrogens is 278 g/mol. The molecular formula is C18H27NO3. The average molecular weight is 305 g/mol. The monoisotopic (exact) mass is 305 g/mol.